The minimum atomic E-state index is -4.91. The van der Waals surface area contributed by atoms with Crippen molar-refractivity contribution in [3.05, 3.63) is 66.5 Å². The minimum Gasteiger partial charge on any atom is -0.480 e. The zero-order valence-corrected chi connectivity index (χ0v) is 13.7. The molecule has 0 bridgehead atoms. The van der Waals surface area contributed by atoms with Crippen LogP contribution in [0.3, 0.4) is 0 Å². The van der Waals surface area contributed by atoms with Gasteiger partial charge in [0.05, 0.1) is 5.69 Å². The Kier molecular flexibility index (Phi) is 4.54. The standard InChI is InChI=1S/C19H15F3N2O2/c1-24-11-15(16(18(25)26)19(20,21)22)23-17(24)14-9-7-13(8-10-14)12-5-3-2-4-6-12/h2-11,16H,1H3,(H,25,26). The SMILES string of the molecule is Cn1cc(C(C(=O)O)C(F)(F)F)nc1-c1ccc(-c2ccccc2)cc1. The first kappa shape index (κ1) is 17.7. The average molecular weight is 360 g/mol. The molecule has 1 aromatic heterocycles. The monoisotopic (exact) mass is 360 g/mol. The van der Waals surface area contributed by atoms with Crippen LogP contribution in [0.2, 0.25) is 0 Å². The van der Waals surface area contributed by atoms with Gasteiger partial charge in [-0.3, -0.25) is 4.79 Å². The quantitative estimate of drug-likeness (QED) is 0.746. The molecule has 26 heavy (non-hydrogen) atoms. The molecular formula is C19H15F3N2O2. The maximum Gasteiger partial charge on any atom is 0.407 e. The third kappa shape index (κ3) is 3.46. The smallest absolute Gasteiger partial charge is 0.407 e. The van der Waals surface area contributed by atoms with Gasteiger partial charge in [-0.2, -0.15) is 13.2 Å². The summed E-state index contributed by atoms with van der Waals surface area (Å²) in [7, 11) is 1.53. The predicted octanol–water partition coefficient (Wildman–Crippen LogP) is 4.48. The normalized spacial score (nSPS) is 12.8. The lowest BCUT2D eigenvalue weighted by atomic mass is 10.0. The van der Waals surface area contributed by atoms with Crippen molar-refractivity contribution in [1.29, 1.82) is 0 Å². The fourth-order valence-corrected chi connectivity index (χ4v) is 2.77. The molecule has 0 spiro atoms. The Bertz CT molecular complexity index is 916. The maximum atomic E-state index is 13.0. The number of carboxylic acids is 1. The Morgan fingerprint density at radius 3 is 2.08 bits per heavy atom. The molecule has 3 rings (SSSR count). The summed E-state index contributed by atoms with van der Waals surface area (Å²) in [6, 6.07) is 16.8. The second-order valence-corrected chi connectivity index (χ2v) is 5.86. The van der Waals surface area contributed by atoms with Crippen LogP contribution < -0.4 is 0 Å². The highest BCUT2D eigenvalue weighted by molar-refractivity contribution is 5.77. The summed E-state index contributed by atoms with van der Waals surface area (Å²) in [6.45, 7) is 0. The number of nitrogens with zero attached hydrogens (tertiary/aromatic N) is 2. The van der Waals surface area contributed by atoms with E-state index in [-0.39, 0.29) is 5.82 Å². The maximum absolute atomic E-state index is 13.0. The molecule has 7 heteroatoms. The highest BCUT2D eigenvalue weighted by Gasteiger charge is 2.48. The first-order chi connectivity index (χ1) is 12.3. The molecule has 134 valence electrons. The van der Waals surface area contributed by atoms with Gasteiger partial charge in [0.15, 0.2) is 5.92 Å². The second kappa shape index (κ2) is 6.67. The van der Waals surface area contributed by atoms with Crippen molar-refractivity contribution in [2.45, 2.75) is 12.1 Å². The molecule has 0 amide bonds. The molecule has 3 aromatic rings. The van der Waals surface area contributed by atoms with E-state index < -0.39 is 23.8 Å². The summed E-state index contributed by atoms with van der Waals surface area (Å²) in [5.74, 6) is -4.34. The Balaban J connectivity index is 1.96. The largest absolute Gasteiger partial charge is 0.480 e. The van der Waals surface area contributed by atoms with Gasteiger partial charge < -0.3 is 9.67 Å². The molecule has 1 atom stereocenters. The number of aryl methyl sites for hydroxylation is 1. The molecular weight excluding hydrogens is 345 g/mol. The number of aromatic nitrogens is 2. The van der Waals surface area contributed by atoms with Crippen molar-refractivity contribution in [1.82, 2.24) is 9.55 Å². The van der Waals surface area contributed by atoms with Crippen LogP contribution in [0.4, 0.5) is 13.2 Å². The van der Waals surface area contributed by atoms with Gasteiger partial charge in [0.1, 0.15) is 5.82 Å². The lowest BCUT2D eigenvalue weighted by Crippen LogP contribution is -2.28. The summed E-state index contributed by atoms with van der Waals surface area (Å²) < 4.78 is 40.4. The van der Waals surface area contributed by atoms with Crippen LogP contribution in [0.25, 0.3) is 22.5 Å². The number of alkyl halides is 3. The number of aliphatic carboxylic acids is 1. The number of hydrogen-bond donors (Lipinski definition) is 1. The summed E-state index contributed by atoms with van der Waals surface area (Å²) in [5, 5.41) is 8.93. The molecule has 0 fully saturated rings. The number of halogens is 3. The van der Waals surface area contributed by atoms with Crippen LogP contribution in [0.5, 0.6) is 0 Å². The van der Waals surface area contributed by atoms with Crippen molar-refractivity contribution in [3.8, 4) is 22.5 Å². The first-order valence-corrected chi connectivity index (χ1v) is 7.76. The van der Waals surface area contributed by atoms with Crippen LogP contribution in [-0.4, -0.2) is 26.8 Å². The zero-order valence-electron chi connectivity index (χ0n) is 13.7. The van der Waals surface area contributed by atoms with E-state index in [4.69, 9.17) is 5.11 Å². The number of benzene rings is 2. The van der Waals surface area contributed by atoms with E-state index in [1.807, 2.05) is 42.5 Å². The van der Waals surface area contributed by atoms with Crippen LogP contribution >= 0.6 is 0 Å². The minimum absolute atomic E-state index is 0.273. The number of hydrogen-bond acceptors (Lipinski definition) is 2. The molecule has 0 saturated heterocycles. The average Bonchev–Trinajstić information content (AvgIpc) is 2.95. The number of imidazole rings is 1. The molecule has 1 heterocycles. The zero-order chi connectivity index (χ0) is 18.9. The second-order valence-electron chi connectivity index (χ2n) is 5.86. The van der Waals surface area contributed by atoms with Crippen molar-refractivity contribution >= 4 is 5.97 Å². The van der Waals surface area contributed by atoms with Gasteiger partial charge in [0.2, 0.25) is 0 Å². The summed E-state index contributed by atoms with van der Waals surface area (Å²) in [6.07, 6.45) is -3.80. The highest BCUT2D eigenvalue weighted by atomic mass is 19.4. The van der Waals surface area contributed by atoms with E-state index in [1.54, 1.807) is 12.1 Å². The van der Waals surface area contributed by atoms with Gasteiger partial charge >= 0.3 is 12.1 Å². The van der Waals surface area contributed by atoms with Crippen molar-refractivity contribution in [2.75, 3.05) is 0 Å². The van der Waals surface area contributed by atoms with Crippen molar-refractivity contribution < 1.29 is 23.1 Å². The fourth-order valence-electron chi connectivity index (χ4n) is 2.77. The molecule has 1 unspecified atom stereocenters. The van der Waals surface area contributed by atoms with Gasteiger partial charge in [-0.1, -0.05) is 54.6 Å². The van der Waals surface area contributed by atoms with E-state index in [1.165, 1.54) is 11.6 Å². The molecule has 0 aliphatic rings. The third-order valence-electron chi connectivity index (χ3n) is 4.02. The van der Waals surface area contributed by atoms with E-state index in [0.717, 1.165) is 17.3 Å². The van der Waals surface area contributed by atoms with E-state index in [9.17, 15) is 18.0 Å². The summed E-state index contributed by atoms with van der Waals surface area (Å²) >= 11 is 0. The van der Waals surface area contributed by atoms with E-state index >= 15 is 0 Å². The summed E-state index contributed by atoms with van der Waals surface area (Å²) in [4.78, 5) is 15.0. The van der Waals surface area contributed by atoms with Gasteiger partial charge in [0, 0.05) is 18.8 Å². The van der Waals surface area contributed by atoms with Gasteiger partial charge in [-0.05, 0) is 11.1 Å². The van der Waals surface area contributed by atoms with Gasteiger partial charge in [0.25, 0.3) is 0 Å². The van der Waals surface area contributed by atoms with Crippen LogP contribution in [0, 0.1) is 0 Å². The van der Waals surface area contributed by atoms with Crippen molar-refractivity contribution in [2.24, 2.45) is 7.05 Å². The van der Waals surface area contributed by atoms with Crippen molar-refractivity contribution in [3.63, 3.8) is 0 Å². The Labute approximate surface area is 147 Å². The highest BCUT2D eigenvalue weighted by Crippen LogP contribution is 2.35. The van der Waals surface area contributed by atoms with Gasteiger partial charge in [-0.15, -0.1) is 0 Å². The first-order valence-electron chi connectivity index (χ1n) is 7.76. The lowest BCUT2D eigenvalue weighted by Gasteiger charge is -2.13. The predicted molar refractivity (Wildman–Crippen MR) is 90.5 cm³/mol. The molecule has 0 radical (unpaired) electrons. The molecule has 0 saturated carbocycles. The number of carboxylic acid groups (broad SMARTS) is 1. The van der Waals surface area contributed by atoms with Crippen LogP contribution in [0.15, 0.2) is 60.8 Å². The Morgan fingerprint density at radius 2 is 1.54 bits per heavy atom. The van der Waals surface area contributed by atoms with E-state index in [2.05, 4.69) is 4.98 Å². The number of carbonyl (C=O) groups is 1. The molecule has 1 N–H and O–H groups in total. The molecule has 0 aliphatic heterocycles. The topological polar surface area (TPSA) is 55.1 Å². The molecule has 4 nitrogen and oxygen atoms in total. The molecule has 2 aromatic carbocycles. The third-order valence-corrected chi connectivity index (χ3v) is 4.02. The lowest BCUT2D eigenvalue weighted by molar-refractivity contribution is -0.177. The van der Waals surface area contributed by atoms with Crippen LogP contribution in [0.1, 0.15) is 11.6 Å². The van der Waals surface area contributed by atoms with Crippen LogP contribution in [-0.2, 0) is 11.8 Å². The fraction of sp³-hybridized carbons (Fsp3) is 0.158. The number of rotatable bonds is 4. The van der Waals surface area contributed by atoms with Gasteiger partial charge in [-0.25, -0.2) is 4.98 Å². The molecule has 0 aliphatic carbocycles. The Hall–Kier alpha value is -3.09. The van der Waals surface area contributed by atoms with E-state index in [0.29, 0.717) is 5.56 Å². The summed E-state index contributed by atoms with van der Waals surface area (Å²) in [5.41, 5.74) is 2.05. The Morgan fingerprint density at radius 1 is 1.00 bits per heavy atom.